The first-order valence-electron chi connectivity index (χ1n) is 12.3. The Hall–Kier alpha value is -3.63. The second-order valence-electron chi connectivity index (χ2n) is 9.60. The fourth-order valence-corrected chi connectivity index (χ4v) is 3.64. The van der Waals surface area contributed by atoms with E-state index in [4.69, 9.17) is 15.2 Å². The van der Waals surface area contributed by atoms with E-state index in [1.54, 1.807) is 40.7 Å². The van der Waals surface area contributed by atoms with E-state index in [-0.39, 0.29) is 26.1 Å². The molecule has 0 spiro atoms. The Morgan fingerprint density at radius 3 is 2.27 bits per heavy atom. The number of carbonyl (C=O) groups excluding carboxylic acids is 5. The molecule has 0 aromatic heterocycles. The van der Waals surface area contributed by atoms with Crippen molar-refractivity contribution in [2.75, 3.05) is 19.7 Å². The lowest BCUT2D eigenvalue weighted by Crippen LogP contribution is -2.54. The van der Waals surface area contributed by atoms with Crippen molar-refractivity contribution < 1.29 is 33.4 Å². The predicted octanol–water partition coefficient (Wildman–Crippen LogP) is 2.03. The number of ether oxygens (including phenoxy) is 2. The number of alkyl carbamates (subject to hydrolysis) is 1. The number of nitrogens with two attached hydrogens (primary N) is 1. The van der Waals surface area contributed by atoms with Crippen LogP contribution in [0.3, 0.4) is 0 Å². The molecule has 0 aliphatic rings. The molecule has 0 aliphatic carbocycles. The summed E-state index contributed by atoms with van der Waals surface area (Å²) in [4.78, 5) is 64.3. The highest BCUT2D eigenvalue weighted by atomic mass is 16.6. The molecule has 0 heterocycles. The molecule has 0 saturated carbocycles. The van der Waals surface area contributed by atoms with Gasteiger partial charge in [0.05, 0.1) is 19.4 Å². The van der Waals surface area contributed by atoms with Crippen LogP contribution in [-0.4, -0.2) is 66.0 Å². The molecule has 2 unspecified atom stereocenters. The average Bonchev–Trinajstić information content (AvgIpc) is 2.76. The van der Waals surface area contributed by atoms with Crippen LogP contribution in [-0.2, 0) is 28.7 Å². The van der Waals surface area contributed by atoms with Gasteiger partial charge in [-0.3, -0.25) is 19.2 Å². The highest BCUT2D eigenvalue weighted by molar-refractivity contribution is 5.94. The second-order valence-corrected chi connectivity index (χ2v) is 9.60. The number of nitrogens with zero attached hydrogens (tertiary/aromatic N) is 1. The molecular weight excluding hydrogens is 480 g/mol. The van der Waals surface area contributed by atoms with E-state index < -0.39 is 53.9 Å². The quantitative estimate of drug-likeness (QED) is 0.356. The Morgan fingerprint density at radius 1 is 1.08 bits per heavy atom. The number of hydrogen-bond acceptors (Lipinski definition) is 7. The zero-order chi connectivity index (χ0) is 28.3. The van der Waals surface area contributed by atoms with E-state index in [0.717, 1.165) is 11.1 Å². The third-order valence-electron chi connectivity index (χ3n) is 5.24. The topological polar surface area (TPSA) is 157 Å². The lowest BCUT2D eigenvalue weighted by molar-refractivity contribution is -0.144. The number of likely N-dealkylation sites (N-methyl/N-ethyl adjacent to an activating group) is 1. The van der Waals surface area contributed by atoms with Crippen LogP contribution < -0.4 is 16.4 Å². The lowest BCUT2D eigenvalue weighted by atomic mass is 9.96. The number of benzene rings is 1. The molecule has 11 nitrogen and oxygen atoms in total. The first-order valence-corrected chi connectivity index (χ1v) is 12.3. The maximum Gasteiger partial charge on any atom is 0.408 e. The second kappa shape index (κ2) is 14.2. The summed E-state index contributed by atoms with van der Waals surface area (Å²) in [5.41, 5.74) is 6.72. The Kier molecular flexibility index (Phi) is 12.0. The summed E-state index contributed by atoms with van der Waals surface area (Å²) in [5.74, 6) is -2.48. The molecule has 4 amide bonds. The van der Waals surface area contributed by atoms with Crippen molar-refractivity contribution in [2.45, 2.75) is 79.0 Å². The number of carbonyl (C=O) groups is 5. The fourth-order valence-electron chi connectivity index (χ4n) is 3.64. The van der Waals surface area contributed by atoms with Gasteiger partial charge < -0.3 is 30.7 Å². The standard InChI is InChI=1S/C26H40N4O7/c1-8-30(24(34)19(15-20(27)31)29-25(35)37-26(5,6)7)22(18-14-16(3)10-11-17(18)4)23(33)28-13-12-21(32)36-9-2/h10-11,14,19,22H,8-9,12-13,15H2,1-7H3,(H2,27,31)(H,28,33)(H,29,35). The van der Waals surface area contributed by atoms with Gasteiger partial charge in [0.25, 0.3) is 0 Å². The molecule has 206 valence electrons. The minimum absolute atomic E-state index is 0.00560. The van der Waals surface area contributed by atoms with Gasteiger partial charge in [0.15, 0.2) is 0 Å². The predicted molar refractivity (Wildman–Crippen MR) is 137 cm³/mol. The van der Waals surface area contributed by atoms with Crippen LogP contribution in [0.25, 0.3) is 0 Å². The first-order chi connectivity index (χ1) is 17.2. The number of amides is 4. The van der Waals surface area contributed by atoms with Gasteiger partial charge in [-0.15, -0.1) is 0 Å². The van der Waals surface area contributed by atoms with Crippen molar-refractivity contribution in [1.29, 1.82) is 0 Å². The molecule has 2 atom stereocenters. The summed E-state index contributed by atoms with van der Waals surface area (Å²) in [6.07, 6.45) is -1.42. The van der Waals surface area contributed by atoms with Crippen molar-refractivity contribution in [3.63, 3.8) is 0 Å². The highest BCUT2D eigenvalue weighted by Gasteiger charge is 2.36. The third kappa shape index (κ3) is 10.5. The van der Waals surface area contributed by atoms with Gasteiger partial charge in [-0.25, -0.2) is 4.79 Å². The number of nitrogens with one attached hydrogen (secondary N) is 2. The van der Waals surface area contributed by atoms with Gasteiger partial charge >= 0.3 is 12.1 Å². The maximum absolute atomic E-state index is 13.7. The van der Waals surface area contributed by atoms with Crippen molar-refractivity contribution in [3.8, 4) is 0 Å². The number of rotatable bonds is 12. The van der Waals surface area contributed by atoms with Crippen LogP contribution in [0, 0.1) is 13.8 Å². The highest BCUT2D eigenvalue weighted by Crippen LogP contribution is 2.27. The van der Waals surface area contributed by atoms with Crippen molar-refractivity contribution in [3.05, 3.63) is 34.9 Å². The Morgan fingerprint density at radius 2 is 1.73 bits per heavy atom. The molecule has 1 aromatic rings. The number of primary amides is 1. The van der Waals surface area contributed by atoms with Crippen LogP contribution in [0.5, 0.6) is 0 Å². The van der Waals surface area contributed by atoms with E-state index >= 15 is 0 Å². The molecule has 0 bridgehead atoms. The van der Waals surface area contributed by atoms with Gasteiger partial charge in [0, 0.05) is 13.1 Å². The van der Waals surface area contributed by atoms with Gasteiger partial charge in [-0.1, -0.05) is 23.8 Å². The summed E-state index contributed by atoms with van der Waals surface area (Å²) in [7, 11) is 0. The molecule has 11 heteroatoms. The largest absolute Gasteiger partial charge is 0.466 e. The van der Waals surface area contributed by atoms with E-state index in [0.29, 0.717) is 5.56 Å². The smallest absolute Gasteiger partial charge is 0.408 e. The number of hydrogen-bond donors (Lipinski definition) is 3. The SMILES string of the molecule is CCOC(=O)CCNC(=O)C(c1cc(C)ccc1C)N(CC)C(=O)C(CC(N)=O)NC(=O)OC(C)(C)C. The first kappa shape index (κ1) is 31.4. The van der Waals surface area contributed by atoms with E-state index in [1.807, 2.05) is 26.0 Å². The van der Waals surface area contributed by atoms with Gasteiger partial charge in [-0.2, -0.15) is 0 Å². The van der Waals surface area contributed by atoms with Gasteiger partial charge in [-0.05, 0) is 59.6 Å². The average molecular weight is 521 g/mol. The molecule has 0 saturated heterocycles. The molecule has 0 fully saturated rings. The Bertz CT molecular complexity index is 988. The molecule has 0 radical (unpaired) electrons. The molecular formula is C26H40N4O7. The zero-order valence-corrected chi connectivity index (χ0v) is 22.8. The van der Waals surface area contributed by atoms with E-state index in [1.165, 1.54) is 4.90 Å². The van der Waals surface area contributed by atoms with Crippen LogP contribution in [0.2, 0.25) is 0 Å². The minimum Gasteiger partial charge on any atom is -0.466 e. The molecule has 1 aromatic carbocycles. The number of esters is 1. The van der Waals surface area contributed by atoms with Crippen LogP contribution in [0.1, 0.15) is 70.2 Å². The lowest BCUT2D eigenvalue weighted by Gasteiger charge is -2.34. The normalized spacial score (nSPS) is 12.6. The van der Waals surface area contributed by atoms with Gasteiger partial charge in [0.1, 0.15) is 17.7 Å². The van der Waals surface area contributed by atoms with Crippen LogP contribution >= 0.6 is 0 Å². The summed E-state index contributed by atoms with van der Waals surface area (Å²) in [5, 5.41) is 5.12. The fraction of sp³-hybridized carbons (Fsp3) is 0.577. The van der Waals surface area contributed by atoms with Crippen molar-refractivity contribution in [1.82, 2.24) is 15.5 Å². The maximum atomic E-state index is 13.7. The zero-order valence-electron chi connectivity index (χ0n) is 22.8. The Balaban J connectivity index is 3.37. The number of aryl methyl sites for hydroxylation is 2. The van der Waals surface area contributed by atoms with Crippen molar-refractivity contribution in [2.24, 2.45) is 5.73 Å². The Labute approximate surface area is 218 Å². The molecule has 0 aliphatic heterocycles. The summed E-state index contributed by atoms with van der Waals surface area (Å²) in [6.45, 7) is 12.3. The molecule has 37 heavy (non-hydrogen) atoms. The van der Waals surface area contributed by atoms with Crippen LogP contribution in [0.4, 0.5) is 4.79 Å². The van der Waals surface area contributed by atoms with Gasteiger partial charge in [0.2, 0.25) is 17.7 Å². The molecule has 1 rings (SSSR count). The van der Waals surface area contributed by atoms with Crippen molar-refractivity contribution >= 4 is 29.8 Å². The van der Waals surface area contributed by atoms with E-state index in [9.17, 15) is 24.0 Å². The summed E-state index contributed by atoms with van der Waals surface area (Å²) in [6, 6.07) is 3.06. The monoisotopic (exact) mass is 520 g/mol. The summed E-state index contributed by atoms with van der Waals surface area (Å²) < 4.78 is 10.1. The third-order valence-corrected chi connectivity index (χ3v) is 5.24. The van der Waals surface area contributed by atoms with Crippen LogP contribution in [0.15, 0.2) is 18.2 Å². The molecule has 4 N–H and O–H groups in total. The summed E-state index contributed by atoms with van der Waals surface area (Å²) >= 11 is 0. The minimum atomic E-state index is -1.35. The van der Waals surface area contributed by atoms with E-state index in [2.05, 4.69) is 10.6 Å².